The van der Waals surface area contributed by atoms with Gasteiger partial charge in [-0.2, -0.15) is 0 Å². The van der Waals surface area contributed by atoms with Crippen molar-refractivity contribution < 1.29 is 4.79 Å². The zero-order valence-corrected chi connectivity index (χ0v) is 12.9. The van der Waals surface area contributed by atoms with E-state index in [0.29, 0.717) is 17.7 Å². The summed E-state index contributed by atoms with van der Waals surface area (Å²) in [5.74, 6) is 1.39. The summed E-state index contributed by atoms with van der Waals surface area (Å²) in [6, 6.07) is 4.14. The molecule has 2 heterocycles. The van der Waals surface area contributed by atoms with E-state index in [-0.39, 0.29) is 0 Å². The van der Waals surface area contributed by atoms with Gasteiger partial charge in [0.15, 0.2) is 0 Å². The Morgan fingerprint density at radius 3 is 2.71 bits per heavy atom. The summed E-state index contributed by atoms with van der Waals surface area (Å²) in [6.07, 6.45) is 8.38. The molecule has 3 rings (SSSR count). The highest BCUT2D eigenvalue weighted by atomic mass is 16.2. The van der Waals surface area contributed by atoms with Gasteiger partial charge >= 0.3 is 0 Å². The second-order valence-corrected chi connectivity index (χ2v) is 6.57. The van der Waals surface area contributed by atoms with Gasteiger partial charge in [-0.05, 0) is 56.3 Å². The lowest BCUT2D eigenvalue weighted by Gasteiger charge is -2.34. The SMILES string of the molecule is CN(CC1CCN(Cc2cccnc2)CC1)C(=O)C1CC1. The fourth-order valence-electron chi connectivity index (χ4n) is 3.20. The topological polar surface area (TPSA) is 36.4 Å². The molecule has 0 atom stereocenters. The van der Waals surface area contributed by atoms with Crippen LogP contribution < -0.4 is 0 Å². The molecule has 21 heavy (non-hydrogen) atoms. The van der Waals surface area contributed by atoms with Crippen molar-refractivity contribution in [3.63, 3.8) is 0 Å². The van der Waals surface area contributed by atoms with Crippen LogP contribution in [-0.4, -0.2) is 47.4 Å². The quantitative estimate of drug-likeness (QED) is 0.832. The van der Waals surface area contributed by atoms with E-state index < -0.39 is 0 Å². The monoisotopic (exact) mass is 287 g/mol. The lowest BCUT2D eigenvalue weighted by Crippen LogP contribution is -2.39. The summed E-state index contributed by atoms with van der Waals surface area (Å²) in [4.78, 5) is 20.6. The molecule has 1 amide bonds. The van der Waals surface area contributed by atoms with Crippen LogP contribution in [0.4, 0.5) is 0 Å². The maximum absolute atomic E-state index is 12.0. The zero-order valence-electron chi connectivity index (χ0n) is 12.9. The van der Waals surface area contributed by atoms with Gasteiger partial charge in [0.25, 0.3) is 0 Å². The molecule has 0 N–H and O–H groups in total. The van der Waals surface area contributed by atoms with Crippen LogP contribution in [-0.2, 0) is 11.3 Å². The lowest BCUT2D eigenvalue weighted by molar-refractivity contribution is -0.132. The molecule has 0 bridgehead atoms. The Labute approximate surface area is 127 Å². The van der Waals surface area contributed by atoms with Crippen LogP contribution in [0.15, 0.2) is 24.5 Å². The van der Waals surface area contributed by atoms with E-state index in [9.17, 15) is 4.79 Å². The number of nitrogens with zero attached hydrogens (tertiary/aromatic N) is 3. The first-order chi connectivity index (χ1) is 10.2. The standard InChI is InChI=1S/C17H25N3O/c1-19(17(21)16-4-5-16)12-14-6-9-20(10-7-14)13-15-3-2-8-18-11-15/h2-3,8,11,14,16H,4-7,9-10,12-13H2,1H3. The van der Waals surface area contributed by atoms with Gasteiger partial charge < -0.3 is 4.90 Å². The van der Waals surface area contributed by atoms with Crippen molar-refractivity contribution in [2.75, 3.05) is 26.7 Å². The van der Waals surface area contributed by atoms with Crippen LogP contribution >= 0.6 is 0 Å². The molecule has 0 unspecified atom stereocenters. The number of hydrogen-bond donors (Lipinski definition) is 0. The average molecular weight is 287 g/mol. The van der Waals surface area contributed by atoms with Crippen LogP contribution in [0, 0.1) is 11.8 Å². The van der Waals surface area contributed by atoms with Gasteiger partial charge in [-0.3, -0.25) is 14.7 Å². The Kier molecular flexibility index (Phi) is 4.54. The maximum Gasteiger partial charge on any atom is 0.225 e. The van der Waals surface area contributed by atoms with Gasteiger partial charge in [0.1, 0.15) is 0 Å². The molecule has 0 radical (unpaired) electrons. The van der Waals surface area contributed by atoms with Gasteiger partial charge in [0.2, 0.25) is 5.91 Å². The molecule has 1 aliphatic heterocycles. The third kappa shape index (κ3) is 4.03. The van der Waals surface area contributed by atoms with Gasteiger partial charge in [-0.1, -0.05) is 6.07 Å². The molecular formula is C17H25N3O. The summed E-state index contributed by atoms with van der Waals surface area (Å²) in [6.45, 7) is 4.20. The summed E-state index contributed by atoms with van der Waals surface area (Å²) in [5.41, 5.74) is 1.29. The number of amides is 1. The number of aromatic nitrogens is 1. The molecule has 1 saturated heterocycles. The largest absolute Gasteiger partial charge is 0.345 e. The molecule has 0 spiro atoms. The van der Waals surface area contributed by atoms with Crippen LogP contribution in [0.3, 0.4) is 0 Å². The second kappa shape index (κ2) is 6.56. The molecule has 4 heteroatoms. The molecule has 4 nitrogen and oxygen atoms in total. The molecular weight excluding hydrogens is 262 g/mol. The summed E-state index contributed by atoms with van der Waals surface area (Å²) in [7, 11) is 1.97. The van der Waals surface area contributed by atoms with E-state index >= 15 is 0 Å². The van der Waals surface area contributed by atoms with E-state index in [0.717, 1.165) is 39.0 Å². The number of carbonyl (C=O) groups excluding carboxylic acids is 1. The average Bonchev–Trinajstić information content (AvgIpc) is 3.34. The van der Waals surface area contributed by atoms with Crippen molar-refractivity contribution in [3.8, 4) is 0 Å². The van der Waals surface area contributed by atoms with Crippen LogP contribution in [0.5, 0.6) is 0 Å². The number of pyridine rings is 1. The third-order valence-corrected chi connectivity index (χ3v) is 4.67. The van der Waals surface area contributed by atoms with Crippen LogP contribution in [0.2, 0.25) is 0 Å². The van der Waals surface area contributed by atoms with Gasteiger partial charge in [0, 0.05) is 38.4 Å². The normalized spacial score (nSPS) is 20.4. The predicted molar refractivity (Wildman–Crippen MR) is 82.6 cm³/mol. The fraction of sp³-hybridized carbons (Fsp3) is 0.647. The first-order valence-corrected chi connectivity index (χ1v) is 8.08. The van der Waals surface area contributed by atoms with Gasteiger partial charge in [0.05, 0.1) is 0 Å². The van der Waals surface area contributed by atoms with Gasteiger partial charge in [-0.15, -0.1) is 0 Å². The maximum atomic E-state index is 12.0. The van der Waals surface area contributed by atoms with Crippen molar-refractivity contribution in [2.24, 2.45) is 11.8 Å². The highest BCUT2D eigenvalue weighted by Crippen LogP contribution is 2.31. The van der Waals surface area contributed by atoms with Crippen LogP contribution in [0.25, 0.3) is 0 Å². The molecule has 1 aliphatic carbocycles. The minimum absolute atomic E-state index is 0.348. The Morgan fingerprint density at radius 1 is 1.33 bits per heavy atom. The van der Waals surface area contributed by atoms with E-state index in [2.05, 4.69) is 16.0 Å². The zero-order chi connectivity index (χ0) is 14.7. The van der Waals surface area contributed by atoms with Crippen LogP contribution in [0.1, 0.15) is 31.2 Å². The highest BCUT2D eigenvalue weighted by Gasteiger charge is 2.33. The van der Waals surface area contributed by atoms with E-state index in [1.807, 2.05) is 30.4 Å². The minimum Gasteiger partial charge on any atom is -0.345 e. The van der Waals surface area contributed by atoms with E-state index in [1.165, 1.54) is 18.4 Å². The molecule has 0 aromatic carbocycles. The molecule has 114 valence electrons. The molecule has 2 aliphatic rings. The predicted octanol–water partition coefficient (Wildman–Crippen LogP) is 2.16. The smallest absolute Gasteiger partial charge is 0.225 e. The summed E-state index contributed by atoms with van der Waals surface area (Å²) < 4.78 is 0. The Bertz CT molecular complexity index is 464. The number of likely N-dealkylation sites (tertiary alicyclic amines) is 1. The summed E-state index contributed by atoms with van der Waals surface area (Å²) in [5, 5.41) is 0. The van der Waals surface area contributed by atoms with Crippen molar-refractivity contribution in [3.05, 3.63) is 30.1 Å². The molecule has 1 saturated carbocycles. The second-order valence-electron chi connectivity index (χ2n) is 6.57. The number of carbonyl (C=O) groups is 1. The van der Waals surface area contributed by atoms with Crippen molar-refractivity contribution in [1.82, 2.24) is 14.8 Å². The third-order valence-electron chi connectivity index (χ3n) is 4.67. The number of rotatable bonds is 5. The number of hydrogen-bond acceptors (Lipinski definition) is 3. The van der Waals surface area contributed by atoms with Crippen molar-refractivity contribution in [1.29, 1.82) is 0 Å². The van der Waals surface area contributed by atoms with Crippen molar-refractivity contribution >= 4 is 5.91 Å². The Hall–Kier alpha value is -1.42. The Morgan fingerprint density at radius 2 is 2.10 bits per heavy atom. The minimum atomic E-state index is 0.348. The van der Waals surface area contributed by atoms with Gasteiger partial charge in [-0.25, -0.2) is 0 Å². The first-order valence-electron chi connectivity index (χ1n) is 8.08. The molecule has 1 aromatic rings. The fourth-order valence-corrected chi connectivity index (χ4v) is 3.20. The number of piperidine rings is 1. The van der Waals surface area contributed by atoms with E-state index in [1.54, 1.807) is 0 Å². The van der Waals surface area contributed by atoms with E-state index in [4.69, 9.17) is 0 Å². The summed E-state index contributed by atoms with van der Waals surface area (Å²) >= 11 is 0. The lowest BCUT2D eigenvalue weighted by atomic mass is 9.96. The highest BCUT2D eigenvalue weighted by molar-refractivity contribution is 5.80. The first kappa shape index (κ1) is 14.5. The molecule has 1 aromatic heterocycles. The Balaban J connectivity index is 1.41. The van der Waals surface area contributed by atoms with Crippen molar-refractivity contribution in [2.45, 2.75) is 32.2 Å². The molecule has 2 fully saturated rings.